The van der Waals surface area contributed by atoms with Crippen molar-refractivity contribution in [2.45, 2.75) is 44.2 Å². The van der Waals surface area contributed by atoms with E-state index in [-0.39, 0.29) is 5.60 Å². The first-order valence-corrected chi connectivity index (χ1v) is 7.36. The number of rotatable bonds is 6. The Bertz CT molecular complexity index is 234. The molecule has 0 aromatic carbocycles. The smallest absolute Gasteiger partial charge is 0.106 e. The molecule has 0 bridgehead atoms. The van der Waals surface area contributed by atoms with Crippen molar-refractivity contribution < 1.29 is 9.47 Å². The molecule has 2 saturated heterocycles. The Morgan fingerprint density at radius 3 is 2.72 bits per heavy atom. The molecule has 1 N–H and O–H groups in total. The van der Waals surface area contributed by atoms with Gasteiger partial charge in [0.05, 0.1) is 6.61 Å². The highest BCUT2D eigenvalue weighted by atomic mass is 16.5. The van der Waals surface area contributed by atoms with Gasteiger partial charge in [-0.1, -0.05) is 6.92 Å². The van der Waals surface area contributed by atoms with Gasteiger partial charge in [-0.25, -0.2) is 0 Å². The molecule has 1 unspecified atom stereocenters. The molecule has 2 rings (SSSR count). The number of nitrogens with zero attached hydrogens (tertiary/aromatic N) is 1. The molecule has 4 nitrogen and oxygen atoms in total. The summed E-state index contributed by atoms with van der Waals surface area (Å²) in [5.41, 5.74) is -0.0380. The number of piperidine rings is 1. The van der Waals surface area contributed by atoms with Crippen LogP contribution in [-0.4, -0.2) is 63.0 Å². The molecule has 18 heavy (non-hydrogen) atoms. The van der Waals surface area contributed by atoms with Gasteiger partial charge in [0.1, 0.15) is 5.60 Å². The summed E-state index contributed by atoms with van der Waals surface area (Å²) in [6.45, 7) is 8.40. The minimum atomic E-state index is -0.0380. The van der Waals surface area contributed by atoms with Gasteiger partial charge in [0.25, 0.3) is 0 Å². The zero-order valence-electron chi connectivity index (χ0n) is 11.9. The molecule has 0 aromatic heterocycles. The number of likely N-dealkylation sites (tertiary alicyclic amines) is 1. The van der Waals surface area contributed by atoms with Gasteiger partial charge in [0.15, 0.2) is 0 Å². The molecule has 0 amide bonds. The Labute approximate surface area is 111 Å². The Morgan fingerprint density at radius 1 is 1.39 bits per heavy atom. The Kier molecular flexibility index (Phi) is 5.42. The van der Waals surface area contributed by atoms with Crippen LogP contribution in [0, 0.1) is 0 Å². The van der Waals surface area contributed by atoms with Crippen LogP contribution in [0.5, 0.6) is 0 Å². The minimum absolute atomic E-state index is 0.0380. The number of methoxy groups -OCH3 is 1. The molecule has 0 radical (unpaired) electrons. The van der Waals surface area contributed by atoms with Crippen molar-refractivity contribution in [3.05, 3.63) is 0 Å². The third-order valence-corrected chi connectivity index (χ3v) is 4.28. The number of ether oxygens (including phenoxy) is 2. The summed E-state index contributed by atoms with van der Waals surface area (Å²) in [6, 6.07) is 0.722. The van der Waals surface area contributed by atoms with E-state index in [1.807, 2.05) is 7.11 Å². The SMILES string of the molecule is CCCNC1CCN(CC2(OC)CCOC2)CC1. The van der Waals surface area contributed by atoms with Gasteiger partial charge < -0.3 is 19.7 Å². The van der Waals surface area contributed by atoms with E-state index in [0.29, 0.717) is 0 Å². The van der Waals surface area contributed by atoms with Crippen LogP contribution in [-0.2, 0) is 9.47 Å². The lowest BCUT2D eigenvalue weighted by atomic mass is 9.99. The highest BCUT2D eigenvalue weighted by Gasteiger charge is 2.37. The maximum absolute atomic E-state index is 5.71. The molecule has 2 fully saturated rings. The Morgan fingerprint density at radius 2 is 2.17 bits per heavy atom. The van der Waals surface area contributed by atoms with Crippen molar-refractivity contribution in [3.8, 4) is 0 Å². The summed E-state index contributed by atoms with van der Waals surface area (Å²) in [5, 5.41) is 3.63. The van der Waals surface area contributed by atoms with Crippen molar-refractivity contribution in [1.29, 1.82) is 0 Å². The molecule has 1 atom stereocenters. The van der Waals surface area contributed by atoms with Crippen LogP contribution in [0.15, 0.2) is 0 Å². The molecule has 2 heterocycles. The molecule has 0 aromatic rings. The second kappa shape index (κ2) is 6.85. The standard InChI is InChI=1S/C14H28N2O2/c1-3-7-15-13-4-8-16(9-5-13)11-14(17-2)6-10-18-12-14/h13,15H,3-12H2,1-2H3. The fraction of sp³-hybridized carbons (Fsp3) is 1.00. The van der Waals surface area contributed by atoms with E-state index in [9.17, 15) is 0 Å². The zero-order chi connectivity index (χ0) is 12.8. The lowest BCUT2D eigenvalue weighted by molar-refractivity contribution is -0.0447. The van der Waals surface area contributed by atoms with Crippen LogP contribution in [0.3, 0.4) is 0 Å². The molecular weight excluding hydrogens is 228 g/mol. The average Bonchev–Trinajstić information content (AvgIpc) is 2.87. The normalized spacial score (nSPS) is 31.0. The topological polar surface area (TPSA) is 33.7 Å². The highest BCUT2D eigenvalue weighted by molar-refractivity contribution is 4.90. The Balaban J connectivity index is 1.72. The van der Waals surface area contributed by atoms with Gasteiger partial charge in [-0.3, -0.25) is 0 Å². The lowest BCUT2D eigenvalue weighted by Crippen LogP contribution is -2.50. The third kappa shape index (κ3) is 3.67. The van der Waals surface area contributed by atoms with Gasteiger partial charge in [0.2, 0.25) is 0 Å². The minimum Gasteiger partial charge on any atom is -0.378 e. The molecular formula is C14H28N2O2. The van der Waals surface area contributed by atoms with Gasteiger partial charge in [0, 0.05) is 32.7 Å². The second-order valence-electron chi connectivity index (χ2n) is 5.69. The van der Waals surface area contributed by atoms with E-state index in [2.05, 4.69) is 17.1 Å². The van der Waals surface area contributed by atoms with Crippen LogP contribution in [0.1, 0.15) is 32.6 Å². The zero-order valence-corrected chi connectivity index (χ0v) is 11.9. The number of hydrogen-bond donors (Lipinski definition) is 1. The predicted molar refractivity (Wildman–Crippen MR) is 72.9 cm³/mol. The summed E-state index contributed by atoms with van der Waals surface area (Å²) in [5.74, 6) is 0. The number of hydrogen-bond acceptors (Lipinski definition) is 4. The number of nitrogens with one attached hydrogen (secondary N) is 1. The van der Waals surface area contributed by atoms with E-state index in [0.717, 1.165) is 38.8 Å². The fourth-order valence-corrected chi connectivity index (χ4v) is 2.99. The van der Waals surface area contributed by atoms with Gasteiger partial charge in [-0.15, -0.1) is 0 Å². The molecule has 2 aliphatic rings. The van der Waals surface area contributed by atoms with Crippen LogP contribution in [0.2, 0.25) is 0 Å². The van der Waals surface area contributed by atoms with Crippen LogP contribution < -0.4 is 5.32 Å². The van der Waals surface area contributed by atoms with Gasteiger partial charge in [-0.05, 0) is 38.9 Å². The Hall–Kier alpha value is -0.160. The maximum atomic E-state index is 5.71. The quantitative estimate of drug-likeness (QED) is 0.775. The van der Waals surface area contributed by atoms with Crippen molar-refractivity contribution in [2.24, 2.45) is 0 Å². The molecule has 106 valence electrons. The van der Waals surface area contributed by atoms with Crippen LogP contribution in [0.25, 0.3) is 0 Å². The summed E-state index contributed by atoms with van der Waals surface area (Å²) in [6.07, 6.45) is 4.79. The average molecular weight is 256 g/mol. The first kappa shape index (κ1) is 14.3. The largest absolute Gasteiger partial charge is 0.378 e. The summed E-state index contributed by atoms with van der Waals surface area (Å²) in [4.78, 5) is 2.54. The molecule has 4 heteroatoms. The van der Waals surface area contributed by atoms with E-state index in [1.54, 1.807) is 0 Å². The maximum Gasteiger partial charge on any atom is 0.106 e. The monoisotopic (exact) mass is 256 g/mol. The van der Waals surface area contributed by atoms with Crippen LogP contribution in [0.4, 0.5) is 0 Å². The van der Waals surface area contributed by atoms with E-state index in [1.165, 1.54) is 32.4 Å². The fourth-order valence-electron chi connectivity index (χ4n) is 2.99. The van der Waals surface area contributed by atoms with Crippen molar-refractivity contribution >= 4 is 0 Å². The van der Waals surface area contributed by atoms with E-state index >= 15 is 0 Å². The predicted octanol–water partition coefficient (Wildman–Crippen LogP) is 1.26. The molecule has 0 aliphatic carbocycles. The molecule has 2 aliphatic heterocycles. The van der Waals surface area contributed by atoms with E-state index in [4.69, 9.17) is 9.47 Å². The van der Waals surface area contributed by atoms with Crippen molar-refractivity contribution in [2.75, 3.05) is 46.5 Å². The van der Waals surface area contributed by atoms with Gasteiger partial charge >= 0.3 is 0 Å². The van der Waals surface area contributed by atoms with E-state index < -0.39 is 0 Å². The third-order valence-electron chi connectivity index (χ3n) is 4.28. The first-order valence-electron chi connectivity index (χ1n) is 7.36. The van der Waals surface area contributed by atoms with Crippen LogP contribution >= 0.6 is 0 Å². The van der Waals surface area contributed by atoms with Crippen molar-refractivity contribution in [3.63, 3.8) is 0 Å². The summed E-state index contributed by atoms with van der Waals surface area (Å²) >= 11 is 0. The van der Waals surface area contributed by atoms with Crippen molar-refractivity contribution in [1.82, 2.24) is 10.2 Å². The summed E-state index contributed by atoms with van der Waals surface area (Å²) < 4.78 is 11.2. The summed E-state index contributed by atoms with van der Waals surface area (Å²) in [7, 11) is 1.82. The van der Waals surface area contributed by atoms with Gasteiger partial charge in [-0.2, -0.15) is 0 Å². The molecule has 0 saturated carbocycles. The first-order chi connectivity index (χ1) is 8.78. The second-order valence-corrected chi connectivity index (χ2v) is 5.69. The molecule has 0 spiro atoms. The lowest BCUT2D eigenvalue weighted by Gasteiger charge is -2.37. The highest BCUT2D eigenvalue weighted by Crippen LogP contribution is 2.25.